The zero-order chi connectivity index (χ0) is 18.6. The van der Waals surface area contributed by atoms with Gasteiger partial charge in [0.1, 0.15) is 17.7 Å². The maximum absolute atomic E-state index is 6.00. The van der Waals surface area contributed by atoms with Crippen LogP contribution >= 0.6 is 11.3 Å². The van der Waals surface area contributed by atoms with E-state index in [1.807, 2.05) is 10.8 Å². The molecule has 2 aliphatic rings. The standard InChI is InChI=1S/C20H27N5OS/c1-4-13-7-5-6-8-24(13)10-16-22-18-17-14-9-20(2,3)26-11-15(14)27-19(17)21-12-25(18)23-16/h12-13H,4-11H2,1-3H3/p+1/t13-/m0/s1. The number of nitrogens with zero attached hydrogens (tertiary/aromatic N) is 4. The van der Waals surface area contributed by atoms with Crippen molar-refractivity contribution < 1.29 is 9.64 Å². The smallest absolute Gasteiger partial charge is 0.206 e. The molecule has 1 unspecified atom stereocenters. The number of aromatic nitrogens is 4. The Morgan fingerprint density at radius 1 is 1.37 bits per heavy atom. The Morgan fingerprint density at radius 3 is 3.11 bits per heavy atom. The number of nitrogens with one attached hydrogen (secondary N) is 1. The van der Waals surface area contributed by atoms with Crippen molar-refractivity contribution in [3.63, 3.8) is 0 Å². The summed E-state index contributed by atoms with van der Waals surface area (Å²) >= 11 is 1.74. The van der Waals surface area contributed by atoms with Gasteiger partial charge in [-0.25, -0.2) is 14.5 Å². The molecular weight excluding hydrogens is 358 g/mol. The molecule has 0 spiro atoms. The normalized spacial score (nSPS) is 25.1. The van der Waals surface area contributed by atoms with Crippen LogP contribution in [-0.2, 0) is 24.3 Å². The highest BCUT2D eigenvalue weighted by Crippen LogP contribution is 2.39. The molecule has 5 heterocycles. The predicted octanol–water partition coefficient (Wildman–Crippen LogP) is 2.54. The molecule has 1 N–H and O–H groups in total. The minimum absolute atomic E-state index is 0.136. The molecule has 5 rings (SSSR count). The third kappa shape index (κ3) is 3.05. The van der Waals surface area contributed by atoms with E-state index >= 15 is 0 Å². The van der Waals surface area contributed by atoms with Crippen LogP contribution in [0.2, 0.25) is 0 Å². The van der Waals surface area contributed by atoms with Gasteiger partial charge in [0, 0.05) is 11.3 Å². The van der Waals surface area contributed by atoms with Gasteiger partial charge < -0.3 is 9.64 Å². The Labute approximate surface area is 163 Å². The van der Waals surface area contributed by atoms with E-state index in [1.54, 1.807) is 16.2 Å². The first kappa shape index (κ1) is 17.5. The Hall–Kier alpha value is -1.57. The average Bonchev–Trinajstić information content (AvgIpc) is 3.21. The Balaban J connectivity index is 1.55. The average molecular weight is 387 g/mol. The number of ether oxygens (including phenoxy) is 1. The van der Waals surface area contributed by atoms with Crippen LogP contribution in [0.4, 0.5) is 0 Å². The van der Waals surface area contributed by atoms with Crippen molar-refractivity contribution in [1.29, 1.82) is 0 Å². The van der Waals surface area contributed by atoms with Crippen molar-refractivity contribution in [3.05, 3.63) is 22.6 Å². The SMILES string of the molecule is CC[C@H]1CCCC[NH+]1Cc1nc2c3c4c(sc3ncn2n1)COC(C)(C)C4. The summed E-state index contributed by atoms with van der Waals surface area (Å²) in [6, 6.07) is 0.746. The monoisotopic (exact) mass is 386 g/mol. The summed E-state index contributed by atoms with van der Waals surface area (Å²) in [4.78, 5) is 13.7. The van der Waals surface area contributed by atoms with Gasteiger partial charge in [-0.15, -0.1) is 16.4 Å². The lowest BCUT2D eigenvalue weighted by Gasteiger charge is -2.31. The molecule has 3 aromatic heterocycles. The summed E-state index contributed by atoms with van der Waals surface area (Å²) in [6.45, 7) is 9.46. The van der Waals surface area contributed by atoms with Gasteiger partial charge in [0.15, 0.2) is 5.65 Å². The second kappa shape index (κ2) is 6.50. The molecule has 0 radical (unpaired) electrons. The predicted molar refractivity (Wildman–Crippen MR) is 106 cm³/mol. The maximum Gasteiger partial charge on any atom is 0.206 e. The first-order valence-corrected chi connectivity index (χ1v) is 11.0. The van der Waals surface area contributed by atoms with Gasteiger partial charge in [0.25, 0.3) is 0 Å². The molecule has 7 heteroatoms. The quantitative estimate of drug-likeness (QED) is 0.752. The Morgan fingerprint density at radius 2 is 2.26 bits per heavy atom. The third-order valence-electron chi connectivity index (χ3n) is 6.21. The van der Waals surface area contributed by atoms with Crippen LogP contribution in [0.1, 0.15) is 62.7 Å². The highest BCUT2D eigenvalue weighted by atomic mass is 32.1. The summed E-state index contributed by atoms with van der Waals surface area (Å²) in [6.07, 6.45) is 7.98. The molecular formula is C20H28N5OS+. The molecule has 144 valence electrons. The number of hydrogen-bond donors (Lipinski definition) is 1. The fourth-order valence-corrected chi connectivity index (χ4v) is 5.81. The second-order valence-corrected chi connectivity index (χ2v) is 9.72. The lowest BCUT2D eigenvalue weighted by molar-refractivity contribution is -0.944. The Kier molecular flexibility index (Phi) is 4.22. The van der Waals surface area contributed by atoms with Crippen LogP contribution in [0, 0.1) is 0 Å². The van der Waals surface area contributed by atoms with Crippen molar-refractivity contribution in [2.45, 2.75) is 77.7 Å². The number of piperidine rings is 1. The van der Waals surface area contributed by atoms with Gasteiger partial charge in [-0.05, 0) is 45.1 Å². The van der Waals surface area contributed by atoms with Crippen LogP contribution in [0.5, 0.6) is 0 Å². The summed E-state index contributed by atoms with van der Waals surface area (Å²) in [7, 11) is 0. The molecule has 27 heavy (non-hydrogen) atoms. The number of hydrogen-bond acceptors (Lipinski definition) is 5. The number of fused-ring (bicyclic) bond motifs is 5. The van der Waals surface area contributed by atoms with E-state index in [0.717, 1.165) is 35.3 Å². The second-order valence-electron chi connectivity index (χ2n) is 8.64. The van der Waals surface area contributed by atoms with E-state index in [-0.39, 0.29) is 5.60 Å². The van der Waals surface area contributed by atoms with Crippen molar-refractivity contribution in [1.82, 2.24) is 19.6 Å². The first-order chi connectivity index (χ1) is 13.0. The molecule has 2 aliphatic heterocycles. The molecule has 0 aromatic carbocycles. The molecule has 3 aromatic rings. The lowest BCUT2D eigenvalue weighted by Crippen LogP contribution is -3.15. The molecule has 1 saturated heterocycles. The van der Waals surface area contributed by atoms with E-state index in [0.29, 0.717) is 6.61 Å². The van der Waals surface area contributed by atoms with Crippen molar-refractivity contribution in [3.8, 4) is 0 Å². The van der Waals surface area contributed by atoms with E-state index in [2.05, 4.69) is 25.8 Å². The van der Waals surface area contributed by atoms with Crippen molar-refractivity contribution >= 4 is 27.2 Å². The summed E-state index contributed by atoms with van der Waals surface area (Å²) in [5.41, 5.74) is 2.19. The molecule has 0 saturated carbocycles. The van der Waals surface area contributed by atoms with Crippen molar-refractivity contribution in [2.24, 2.45) is 0 Å². The van der Waals surface area contributed by atoms with Crippen LogP contribution in [0.15, 0.2) is 6.33 Å². The van der Waals surface area contributed by atoms with Gasteiger partial charge in [-0.2, -0.15) is 0 Å². The number of quaternary nitrogens is 1. The zero-order valence-electron chi connectivity index (χ0n) is 16.4. The summed E-state index contributed by atoms with van der Waals surface area (Å²) in [5, 5.41) is 5.97. The highest BCUT2D eigenvalue weighted by molar-refractivity contribution is 7.19. The molecule has 0 amide bonds. The van der Waals surface area contributed by atoms with Crippen molar-refractivity contribution in [2.75, 3.05) is 6.54 Å². The van der Waals surface area contributed by atoms with Crippen LogP contribution in [-0.4, -0.2) is 37.8 Å². The lowest BCUT2D eigenvalue weighted by atomic mass is 9.94. The van der Waals surface area contributed by atoms with Gasteiger partial charge in [-0.3, -0.25) is 0 Å². The number of likely N-dealkylation sites (tertiary alicyclic amines) is 1. The van der Waals surface area contributed by atoms with E-state index in [4.69, 9.17) is 14.8 Å². The molecule has 6 nitrogen and oxygen atoms in total. The van der Waals surface area contributed by atoms with Crippen LogP contribution < -0.4 is 4.90 Å². The van der Waals surface area contributed by atoms with Gasteiger partial charge in [0.2, 0.25) is 5.82 Å². The summed E-state index contributed by atoms with van der Waals surface area (Å²) < 4.78 is 7.89. The van der Waals surface area contributed by atoms with Gasteiger partial charge in [-0.1, -0.05) is 6.92 Å². The van der Waals surface area contributed by atoms with Crippen LogP contribution in [0.3, 0.4) is 0 Å². The molecule has 0 bridgehead atoms. The van der Waals surface area contributed by atoms with E-state index in [1.165, 1.54) is 48.1 Å². The zero-order valence-corrected chi connectivity index (χ0v) is 17.2. The van der Waals surface area contributed by atoms with Gasteiger partial charge in [0.05, 0.1) is 30.2 Å². The minimum Gasteiger partial charge on any atom is -0.370 e. The fraction of sp³-hybridized carbons (Fsp3) is 0.650. The van der Waals surface area contributed by atoms with Crippen LogP contribution in [0.25, 0.3) is 15.9 Å². The van der Waals surface area contributed by atoms with E-state index < -0.39 is 0 Å². The highest BCUT2D eigenvalue weighted by Gasteiger charge is 2.31. The molecule has 0 aliphatic carbocycles. The molecule has 1 fully saturated rings. The topological polar surface area (TPSA) is 56.8 Å². The Bertz CT molecular complexity index is 991. The van der Waals surface area contributed by atoms with E-state index in [9.17, 15) is 0 Å². The summed E-state index contributed by atoms with van der Waals surface area (Å²) in [5.74, 6) is 0.950. The number of thiophene rings is 1. The maximum atomic E-state index is 6.00. The third-order valence-corrected chi connectivity index (χ3v) is 7.32. The minimum atomic E-state index is -0.136. The molecule has 2 atom stereocenters. The largest absolute Gasteiger partial charge is 0.370 e. The number of rotatable bonds is 3. The van der Waals surface area contributed by atoms with Gasteiger partial charge >= 0.3 is 0 Å². The first-order valence-electron chi connectivity index (χ1n) is 10.2. The fourth-order valence-electron chi connectivity index (χ4n) is 4.74.